The van der Waals surface area contributed by atoms with Crippen molar-refractivity contribution >= 4 is 18.0 Å². The fraction of sp³-hybridized carbons (Fsp3) is 0.562. The number of ether oxygens (including phenoxy) is 1. The van der Waals surface area contributed by atoms with Gasteiger partial charge in [0.1, 0.15) is 5.60 Å². The molecule has 0 fully saturated rings. The number of benzene rings is 1. The maximum absolute atomic E-state index is 11.6. The first-order valence-corrected chi connectivity index (χ1v) is 8.57. The summed E-state index contributed by atoms with van der Waals surface area (Å²) in [5.41, 5.74) is -0.478. The predicted molar refractivity (Wildman–Crippen MR) is 93.6 cm³/mol. The van der Waals surface area contributed by atoms with Crippen LogP contribution in [0.2, 0.25) is 0 Å². The topological polar surface area (TPSA) is 78.0 Å². The molecular formula is C16H27N2O5S+. The first-order chi connectivity index (χ1) is 11.3. The van der Waals surface area contributed by atoms with Crippen molar-refractivity contribution in [2.24, 2.45) is 5.92 Å². The van der Waals surface area contributed by atoms with E-state index in [1.165, 1.54) is 7.11 Å². The third-order valence-corrected chi connectivity index (χ3v) is 3.57. The Morgan fingerprint density at radius 1 is 1.21 bits per heavy atom. The third kappa shape index (κ3) is 9.61. The van der Waals surface area contributed by atoms with Crippen molar-refractivity contribution in [3.8, 4) is 5.75 Å². The van der Waals surface area contributed by atoms with Crippen molar-refractivity contribution in [2.45, 2.75) is 38.2 Å². The number of rotatable bonds is 9. The summed E-state index contributed by atoms with van der Waals surface area (Å²) in [5.74, 6) is 0.841. The van der Waals surface area contributed by atoms with E-state index in [2.05, 4.69) is 26.9 Å². The van der Waals surface area contributed by atoms with Gasteiger partial charge in [0, 0.05) is 13.1 Å². The molecule has 0 saturated heterocycles. The van der Waals surface area contributed by atoms with Crippen LogP contribution in [0.15, 0.2) is 29.2 Å². The van der Waals surface area contributed by atoms with Crippen molar-refractivity contribution in [3.05, 3.63) is 24.3 Å². The van der Waals surface area contributed by atoms with Gasteiger partial charge in [-0.05, 0) is 56.0 Å². The van der Waals surface area contributed by atoms with E-state index in [-0.39, 0.29) is 12.0 Å². The van der Waals surface area contributed by atoms with Gasteiger partial charge in [-0.25, -0.2) is 4.79 Å². The van der Waals surface area contributed by atoms with E-state index < -0.39 is 5.60 Å². The predicted octanol–water partition coefficient (Wildman–Crippen LogP) is 2.40. The molecular weight excluding hydrogens is 332 g/mol. The quantitative estimate of drug-likeness (QED) is 0.305. The maximum Gasteiger partial charge on any atom is 0.407 e. The minimum Gasteiger partial charge on any atom is -0.444 e. The average molecular weight is 359 g/mol. The third-order valence-electron chi connectivity index (χ3n) is 2.68. The molecule has 0 aromatic heterocycles. The van der Waals surface area contributed by atoms with Crippen LogP contribution >= 0.6 is 0 Å². The number of carbonyl (C=O) groups is 1. The molecule has 0 aliphatic rings. The van der Waals surface area contributed by atoms with E-state index >= 15 is 0 Å². The lowest BCUT2D eigenvalue weighted by Gasteiger charge is -2.20. The van der Waals surface area contributed by atoms with E-state index in [1.54, 1.807) is 12.1 Å². The zero-order valence-corrected chi connectivity index (χ0v) is 15.7. The molecule has 7 nitrogen and oxygen atoms in total. The Bertz CT molecular complexity index is 490. The van der Waals surface area contributed by atoms with Crippen molar-refractivity contribution in [3.63, 3.8) is 0 Å². The molecule has 0 heterocycles. The van der Waals surface area contributed by atoms with Gasteiger partial charge in [-0.2, -0.15) is 4.89 Å². The number of nitrogens with one attached hydrogen (secondary N) is 2. The van der Waals surface area contributed by atoms with Gasteiger partial charge in [-0.1, -0.05) is 6.92 Å². The summed E-state index contributed by atoms with van der Waals surface area (Å²) in [4.78, 5) is 21.9. The fourth-order valence-electron chi connectivity index (χ4n) is 1.59. The number of carbonyl (C=O) groups excluding carboxylic acids is 1. The Kier molecular flexibility index (Phi) is 8.91. The minimum atomic E-state index is -0.478. The van der Waals surface area contributed by atoms with Crippen molar-refractivity contribution < 1.29 is 24.3 Å². The van der Waals surface area contributed by atoms with Crippen LogP contribution in [0.25, 0.3) is 0 Å². The molecule has 0 aliphatic carbocycles. The number of hydrogen-bond acceptors (Lipinski definition) is 6. The average Bonchev–Trinajstić information content (AvgIpc) is 2.50. The zero-order valence-electron chi connectivity index (χ0n) is 14.8. The monoisotopic (exact) mass is 359 g/mol. The molecule has 1 rings (SSSR count). The first kappa shape index (κ1) is 20.6. The van der Waals surface area contributed by atoms with Crippen molar-refractivity contribution in [1.29, 1.82) is 0 Å². The van der Waals surface area contributed by atoms with E-state index in [1.807, 2.05) is 32.9 Å². The Morgan fingerprint density at radius 2 is 1.88 bits per heavy atom. The Labute approximate surface area is 147 Å². The molecule has 0 aliphatic heterocycles. The smallest absolute Gasteiger partial charge is 0.407 e. The van der Waals surface area contributed by atoms with Crippen LogP contribution in [-0.4, -0.2) is 31.9 Å². The summed E-state index contributed by atoms with van der Waals surface area (Å²) in [6.45, 7) is 8.90. The van der Waals surface area contributed by atoms with Crippen molar-refractivity contribution in [2.75, 3.05) is 20.2 Å². The summed E-state index contributed by atoms with van der Waals surface area (Å²) >= 11 is 0.984. The van der Waals surface area contributed by atoms with Gasteiger partial charge >= 0.3 is 6.09 Å². The van der Waals surface area contributed by atoms with Crippen LogP contribution in [0.3, 0.4) is 0 Å². The molecule has 24 heavy (non-hydrogen) atoms. The largest absolute Gasteiger partial charge is 0.444 e. The van der Waals surface area contributed by atoms with Gasteiger partial charge in [-0.15, -0.1) is 4.72 Å². The molecule has 0 saturated carbocycles. The Hall–Kier alpha value is -1.48. The molecule has 1 amide bonds. The van der Waals surface area contributed by atoms with Gasteiger partial charge in [-0.3, -0.25) is 0 Å². The second kappa shape index (κ2) is 10.4. The number of hydrogen-bond donors (Lipinski definition) is 2. The molecule has 1 aromatic carbocycles. The van der Waals surface area contributed by atoms with E-state index in [4.69, 9.17) is 9.62 Å². The molecule has 8 heteroatoms. The molecule has 2 N–H and O–H groups in total. The highest BCUT2D eigenvalue weighted by molar-refractivity contribution is 7.76. The molecule has 1 unspecified atom stereocenters. The van der Waals surface area contributed by atoms with Gasteiger partial charge in [0.2, 0.25) is 0 Å². The summed E-state index contributed by atoms with van der Waals surface area (Å²) in [6, 6.07) is 7.42. The number of alkyl carbamates (subject to hydrolysis) is 1. The normalized spacial score (nSPS) is 12.5. The lowest BCUT2D eigenvalue weighted by Crippen LogP contribution is -2.36. The summed E-state index contributed by atoms with van der Waals surface area (Å²) in [5, 5.41) is 7.15. The molecule has 1 atom stereocenters. The standard InChI is InChI=1S/C16H26N2O5S/c1-12(10-17-15(19)21-16(2,3)4)11-18-24-14-8-6-13(7-9-14)22-23-20-5/h6-9,12,18H,10-11H2,1-5H3,(H,17,19)/p+1. The second-order valence-corrected chi connectivity index (χ2v) is 7.33. The maximum atomic E-state index is 11.6. The number of thiol groups is 1. The van der Waals surface area contributed by atoms with Crippen LogP contribution in [0.5, 0.6) is 5.75 Å². The van der Waals surface area contributed by atoms with Crippen LogP contribution in [-0.2, 0) is 26.6 Å². The van der Waals surface area contributed by atoms with Crippen molar-refractivity contribution in [1.82, 2.24) is 10.0 Å². The van der Waals surface area contributed by atoms with Gasteiger partial charge < -0.3 is 14.9 Å². The molecule has 0 spiro atoms. The second-order valence-electron chi connectivity index (χ2n) is 6.27. The summed E-state index contributed by atoms with van der Waals surface area (Å²) in [7, 11) is 1.37. The first-order valence-electron chi connectivity index (χ1n) is 7.68. The van der Waals surface area contributed by atoms with Crippen LogP contribution < -0.4 is 14.9 Å². The van der Waals surface area contributed by atoms with E-state index in [0.717, 1.165) is 23.4 Å². The summed E-state index contributed by atoms with van der Waals surface area (Å²) < 4.78 is 8.52. The van der Waals surface area contributed by atoms with Crippen LogP contribution in [0.1, 0.15) is 27.7 Å². The van der Waals surface area contributed by atoms with E-state index in [0.29, 0.717) is 12.3 Å². The number of amides is 1. The highest BCUT2D eigenvalue weighted by Crippen LogP contribution is 2.13. The fourth-order valence-corrected chi connectivity index (χ4v) is 2.47. The van der Waals surface area contributed by atoms with E-state index in [9.17, 15) is 4.79 Å². The highest BCUT2D eigenvalue weighted by Gasteiger charge is 2.16. The zero-order chi connectivity index (χ0) is 18.0. The van der Waals surface area contributed by atoms with Gasteiger partial charge in [0.15, 0.2) is 10.6 Å². The lowest BCUT2D eigenvalue weighted by atomic mass is 10.2. The Balaban J connectivity index is 2.20. The summed E-state index contributed by atoms with van der Waals surface area (Å²) in [6.07, 6.45) is -0.388. The lowest BCUT2D eigenvalue weighted by molar-refractivity contribution is -0.453. The minimum absolute atomic E-state index is 0.280. The van der Waals surface area contributed by atoms with Crippen LogP contribution in [0.4, 0.5) is 4.79 Å². The van der Waals surface area contributed by atoms with Crippen LogP contribution in [0, 0.1) is 5.92 Å². The molecule has 0 radical (unpaired) electrons. The molecule has 136 valence electrons. The SMILES string of the molecule is COOOc1ccc([SH+]NCC(C)CNC(=O)OC(C)(C)C)cc1. The van der Waals surface area contributed by atoms with Gasteiger partial charge in [0.05, 0.1) is 19.1 Å². The van der Waals surface area contributed by atoms with Gasteiger partial charge in [0.25, 0.3) is 0 Å². The molecule has 1 aromatic rings. The highest BCUT2D eigenvalue weighted by atomic mass is 32.2. The molecule has 0 bridgehead atoms. The Morgan fingerprint density at radius 3 is 2.46 bits per heavy atom.